The minimum atomic E-state index is -0.112. The maximum absolute atomic E-state index is 12.6. The Labute approximate surface area is 114 Å². The molecule has 0 aromatic heterocycles. The number of nitrogens with zero attached hydrogens (tertiary/aromatic N) is 1. The molecule has 4 nitrogen and oxygen atoms in total. The standard InChI is InChI=1S/C15H22N2O2/c1-10-5-6-12(14(18)8-10)15(19)17-7-3-4-11(2)13(17)9-16/h5-6,8,11,13,18H,3-4,7,9,16H2,1-2H3. The summed E-state index contributed by atoms with van der Waals surface area (Å²) in [4.78, 5) is 14.4. The number of hydrogen-bond acceptors (Lipinski definition) is 3. The number of nitrogens with two attached hydrogens (primary N) is 1. The Morgan fingerprint density at radius 1 is 1.53 bits per heavy atom. The van der Waals surface area contributed by atoms with E-state index in [4.69, 9.17) is 5.73 Å². The van der Waals surface area contributed by atoms with Gasteiger partial charge in [0.1, 0.15) is 5.75 Å². The second-order valence-electron chi connectivity index (χ2n) is 5.44. The smallest absolute Gasteiger partial charge is 0.257 e. The summed E-state index contributed by atoms with van der Waals surface area (Å²) in [5, 5.41) is 9.94. The molecule has 1 aromatic carbocycles. The van der Waals surface area contributed by atoms with Crippen LogP contribution in [0.1, 0.15) is 35.7 Å². The van der Waals surface area contributed by atoms with Gasteiger partial charge in [-0.1, -0.05) is 13.0 Å². The van der Waals surface area contributed by atoms with Crippen LogP contribution in [0.2, 0.25) is 0 Å². The monoisotopic (exact) mass is 262 g/mol. The second-order valence-corrected chi connectivity index (χ2v) is 5.44. The average molecular weight is 262 g/mol. The van der Waals surface area contributed by atoms with Gasteiger partial charge in [-0.15, -0.1) is 0 Å². The van der Waals surface area contributed by atoms with E-state index in [9.17, 15) is 9.90 Å². The molecule has 19 heavy (non-hydrogen) atoms. The van der Waals surface area contributed by atoms with Crippen LogP contribution in [0.4, 0.5) is 0 Å². The van der Waals surface area contributed by atoms with Gasteiger partial charge in [-0.3, -0.25) is 4.79 Å². The molecule has 1 aliphatic rings. The maximum Gasteiger partial charge on any atom is 0.257 e. The van der Waals surface area contributed by atoms with Crippen molar-refractivity contribution in [1.82, 2.24) is 4.90 Å². The van der Waals surface area contributed by atoms with Crippen LogP contribution >= 0.6 is 0 Å². The van der Waals surface area contributed by atoms with Crippen molar-refractivity contribution in [3.63, 3.8) is 0 Å². The molecule has 0 radical (unpaired) electrons. The predicted octanol–water partition coefficient (Wildman–Crippen LogP) is 1.90. The molecule has 1 amide bonds. The first-order valence-electron chi connectivity index (χ1n) is 6.85. The van der Waals surface area contributed by atoms with Crippen LogP contribution in [0.3, 0.4) is 0 Å². The van der Waals surface area contributed by atoms with Gasteiger partial charge in [0, 0.05) is 19.1 Å². The molecular weight excluding hydrogens is 240 g/mol. The molecular formula is C15H22N2O2. The Bertz CT molecular complexity index is 473. The normalized spacial score (nSPS) is 23.4. The number of phenols is 1. The van der Waals surface area contributed by atoms with Gasteiger partial charge in [0.25, 0.3) is 5.91 Å². The van der Waals surface area contributed by atoms with E-state index >= 15 is 0 Å². The van der Waals surface area contributed by atoms with Crippen molar-refractivity contribution >= 4 is 5.91 Å². The molecule has 104 valence electrons. The summed E-state index contributed by atoms with van der Waals surface area (Å²) in [7, 11) is 0. The zero-order valence-electron chi connectivity index (χ0n) is 11.6. The summed E-state index contributed by atoms with van der Waals surface area (Å²) in [6.07, 6.45) is 2.10. The molecule has 2 atom stereocenters. The molecule has 1 aromatic rings. The quantitative estimate of drug-likeness (QED) is 0.855. The molecule has 1 aliphatic heterocycles. The highest BCUT2D eigenvalue weighted by Crippen LogP contribution is 2.27. The van der Waals surface area contributed by atoms with E-state index in [0.29, 0.717) is 18.0 Å². The SMILES string of the molecule is Cc1ccc(C(=O)N2CCCC(C)C2CN)c(O)c1. The van der Waals surface area contributed by atoms with Crippen LogP contribution in [0.5, 0.6) is 5.75 Å². The molecule has 1 fully saturated rings. The van der Waals surface area contributed by atoms with Gasteiger partial charge in [-0.2, -0.15) is 0 Å². The zero-order valence-corrected chi connectivity index (χ0v) is 11.6. The summed E-state index contributed by atoms with van der Waals surface area (Å²) in [5.41, 5.74) is 7.12. The Hall–Kier alpha value is -1.55. The number of benzene rings is 1. The zero-order chi connectivity index (χ0) is 14.0. The number of aromatic hydroxyl groups is 1. The lowest BCUT2D eigenvalue weighted by atomic mass is 9.90. The first-order chi connectivity index (χ1) is 9.04. The van der Waals surface area contributed by atoms with Gasteiger partial charge in [0.2, 0.25) is 0 Å². The van der Waals surface area contributed by atoms with Gasteiger partial charge < -0.3 is 15.7 Å². The third-order valence-corrected chi connectivity index (χ3v) is 4.00. The van der Waals surface area contributed by atoms with Crippen LogP contribution < -0.4 is 5.73 Å². The topological polar surface area (TPSA) is 66.6 Å². The highest BCUT2D eigenvalue weighted by molar-refractivity contribution is 5.97. The molecule has 1 heterocycles. The summed E-state index contributed by atoms with van der Waals surface area (Å²) in [6, 6.07) is 5.23. The average Bonchev–Trinajstić information content (AvgIpc) is 2.37. The third-order valence-electron chi connectivity index (χ3n) is 4.00. The lowest BCUT2D eigenvalue weighted by molar-refractivity contribution is 0.0529. The lowest BCUT2D eigenvalue weighted by Gasteiger charge is -2.39. The van der Waals surface area contributed by atoms with Gasteiger partial charge >= 0.3 is 0 Å². The number of carbonyl (C=O) groups excluding carboxylic acids is 1. The fourth-order valence-corrected chi connectivity index (χ4v) is 2.84. The summed E-state index contributed by atoms with van der Waals surface area (Å²) < 4.78 is 0. The van der Waals surface area contributed by atoms with Crippen molar-refractivity contribution in [3.8, 4) is 5.75 Å². The van der Waals surface area contributed by atoms with Crippen LogP contribution in [0.15, 0.2) is 18.2 Å². The molecule has 0 bridgehead atoms. The van der Waals surface area contributed by atoms with Crippen molar-refractivity contribution in [2.24, 2.45) is 11.7 Å². The Morgan fingerprint density at radius 3 is 2.89 bits per heavy atom. The number of hydrogen-bond donors (Lipinski definition) is 2. The Morgan fingerprint density at radius 2 is 2.26 bits per heavy atom. The number of rotatable bonds is 2. The van der Waals surface area contributed by atoms with Crippen LogP contribution in [0, 0.1) is 12.8 Å². The third kappa shape index (κ3) is 2.73. The highest BCUT2D eigenvalue weighted by Gasteiger charge is 2.32. The molecule has 1 saturated heterocycles. The number of likely N-dealkylation sites (tertiary alicyclic amines) is 1. The maximum atomic E-state index is 12.6. The van der Waals surface area contributed by atoms with Crippen LogP contribution in [-0.4, -0.2) is 35.0 Å². The number of piperidine rings is 1. The highest BCUT2D eigenvalue weighted by atomic mass is 16.3. The van der Waals surface area contributed by atoms with Crippen molar-refractivity contribution in [3.05, 3.63) is 29.3 Å². The van der Waals surface area contributed by atoms with Gasteiger partial charge in [0.15, 0.2) is 0 Å². The first-order valence-corrected chi connectivity index (χ1v) is 6.85. The summed E-state index contributed by atoms with van der Waals surface area (Å²) in [6.45, 7) is 5.21. The summed E-state index contributed by atoms with van der Waals surface area (Å²) >= 11 is 0. The van der Waals surface area contributed by atoms with E-state index in [0.717, 1.165) is 24.9 Å². The van der Waals surface area contributed by atoms with E-state index < -0.39 is 0 Å². The van der Waals surface area contributed by atoms with Gasteiger partial charge in [-0.05, 0) is 43.4 Å². The fraction of sp³-hybridized carbons (Fsp3) is 0.533. The van der Waals surface area contributed by atoms with E-state index in [-0.39, 0.29) is 17.7 Å². The number of phenolic OH excluding ortho intramolecular Hbond substituents is 1. The Balaban J connectivity index is 2.27. The van der Waals surface area contributed by atoms with E-state index in [2.05, 4.69) is 6.92 Å². The molecule has 0 saturated carbocycles. The minimum Gasteiger partial charge on any atom is -0.507 e. The van der Waals surface area contributed by atoms with E-state index in [1.54, 1.807) is 12.1 Å². The molecule has 0 aliphatic carbocycles. The molecule has 3 N–H and O–H groups in total. The number of carbonyl (C=O) groups is 1. The van der Waals surface area contributed by atoms with Gasteiger partial charge in [-0.25, -0.2) is 0 Å². The summed E-state index contributed by atoms with van der Waals surface area (Å²) in [5.74, 6) is 0.355. The molecule has 0 spiro atoms. The van der Waals surface area contributed by atoms with E-state index in [1.165, 1.54) is 0 Å². The molecule has 2 rings (SSSR count). The predicted molar refractivity (Wildman–Crippen MR) is 75.1 cm³/mol. The lowest BCUT2D eigenvalue weighted by Crippen LogP contribution is -2.51. The van der Waals surface area contributed by atoms with Crippen LogP contribution in [0.25, 0.3) is 0 Å². The number of amides is 1. The molecule has 2 unspecified atom stereocenters. The van der Waals surface area contributed by atoms with Crippen molar-refractivity contribution in [2.45, 2.75) is 32.7 Å². The second kappa shape index (κ2) is 5.61. The van der Waals surface area contributed by atoms with Crippen molar-refractivity contribution in [2.75, 3.05) is 13.1 Å². The van der Waals surface area contributed by atoms with E-state index in [1.807, 2.05) is 17.9 Å². The molecule has 4 heteroatoms. The number of aryl methyl sites for hydroxylation is 1. The minimum absolute atomic E-state index is 0.0546. The first kappa shape index (κ1) is 13.9. The van der Waals surface area contributed by atoms with Crippen molar-refractivity contribution < 1.29 is 9.90 Å². The van der Waals surface area contributed by atoms with Gasteiger partial charge in [0.05, 0.1) is 5.56 Å². The van der Waals surface area contributed by atoms with Crippen molar-refractivity contribution in [1.29, 1.82) is 0 Å². The Kier molecular flexibility index (Phi) is 4.10. The largest absolute Gasteiger partial charge is 0.507 e. The van der Waals surface area contributed by atoms with Crippen LogP contribution in [-0.2, 0) is 0 Å². The fourth-order valence-electron chi connectivity index (χ4n) is 2.84.